The first kappa shape index (κ1) is 24.6. The Hall–Kier alpha value is -5.01. The number of aryl methyl sites for hydroxylation is 1. The molecule has 10 nitrogen and oxygen atoms in total. The maximum Gasteiger partial charge on any atom is 0.325 e. The van der Waals surface area contributed by atoms with Crippen molar-refractivity contribution in [3.05, 3.63) is 71.0 Å². The number of benzene rings is 2. The number of nitrogens with zero attached hydrogens (tertiary/aromatic N) is 8. The van der Waals surface area contributed by atoms with Gasteiger partial charge in [-0.15, -0.1) is 10.2 Å². The van der Waals surface area contributed by atoms with Crippen molar-refractivity contribution >= 4 is 23.3 Å². The van der Waals surface area contributed by atoms with Crippen molar-refractivity contribution in [3.8, 4) is 18.2 Å². The molecule has 35 heavy (non-hydrogen) atoms. The minimum atomic E-state index is -0.331. The van der Waals surface area contributed by atoms with E-state index in [1.807, 2.05) is 79.4 Å². The molecule has 3 rings (SSSR count). The molecule has 10 heteroatoms. The summed E-state index contributed by atoms with van der Waals surface area (Å²) in [6.07, 6.45) is 0. The molecular weight excluding hydrogens is 444 g/mol. The molecule has 0 aliphatic heterocycles. The number of hydrogen-bond acceptors (Lipinski definition) is 9. The molecule has 0 unspecified atom stereocenters. The van der Waals surface area contributed by atoms with Crippen molar-refractivity contribution in [3.63, 3.8) is 0 Å². The largest absolute Gasteiger partial charge is 0.459 e. The van der Waals surface area contributed by atoms with Crippen molar-refractivity contribution in [2.24, 2.45) is 10.2 Å². The third-order valence-electron chi connectivity index (χ3n) is 5.13. The number of esters is 1. The van der Waals surface area contributed by atoms with E-state index in [9.17, 15) is 15.3 Å². The second-order valence-corrected chi connectivity index (χ2v) is 7.41. The molecule has 0 spiro atoms. The highest BCUT2D eigenvalue weighted by atomic mass is 16.5. The van der Waals surface area contributed by atoms with Crippen LogP contribution < -0.4 is 4.90 Å². The molecule has 0 bridgehead atoms. The van der Waals surface area contributed by atoms with Gasteiger partial charge < -0.3 is 9.64 Å². The number of rotatable bonds is 9. The van der Waals surface area contributed by atoms with Crippen LogP contribution in [0.15, 0.2) is 58.8 Å². The maximum atomic E-state index is 12.4. The third-order valence-corrected chi connectivity index (χ3v) is 5.13. The number of ether oxygens (including phenoxy) is 1. The molecule has 0 aliphatic rings. The summed E-state index contributed by atoms with van der Waals surface area (Å²) in [6.45, 7) is 4.53. The van der Waals surface area contributed by atoms with Crippen LogP contribution in [0.1, 0.15) is 29.4 Å². The number of imidazole rings is 1. The van der Waals surface area contributed by atoms with Crippen LogP contribution >= 0.6 is 0 Å². The first-order valence-electron chi connectivity index (χ1n) is 10.7. The molecule has 0 saturated heterocycles. The van der Waals surface area contributed by atoms with Gasteiger partial charge in [-0.2, -0.15) is 20.8 Å². The van der Waals surface area contributed by atoms with Gasteiger partial charge in [0.25, 0.3) is 5.95 Å². The molecule has 0 radical (unpaired) electrons. The maximum absolute atomic E-state index is 12.4. The van der Waals surface area contributed by atoms with E-state index in [0.29, 0.717) is 12.2 Å². The first-order valence-corrected chi connectivity index (χ1v) is 10.7. The number of aromatic nitrogens is 2. The van der Waals surface area contributed by atoms with E-state index in [2.05, 4.69) is 15.2 Å². The Kier molecular flexibility index (Phi) is 8.26. The lowest BCUT2D eigenvalue weighted by Crippen LogP contribution is -2.30. The van der Waals surface area contributed by atoms with Gasteiger partial charge >= 0.3 is 5.97 Å². The lowest BCUT2D eigenvalue weighted by atomic mass is 10.1. The predicted molar refractivity (Wildman–Crippen MR) is 127 cm³/mol. The molecule has 0 amide bonds. The van der Waals surface area contributed by atoms with Crippen LogP contribution in [-0.2, 0) is 22.7 Å². The highest BCUT2D eigenvalue weighted by molar-refractivity contribution is 5.76. The SMILES string of the molecule is CCN(CC(=O)OCc1ccccc1)c1ccc(N=Nc2nc(C#N)c(C#N)n2CC#N)c(C)c1. The fourth-order valence-corrected chi connectivity index (χ4v) is 3.30. The fourth-order valence-electron chi connectivity index (χ4n) is 3.30. The van der Waals surface area contributed by atoms with Crippen molar-refractivity contribution in [1.29, 1.82) is 15.8 Å². The van der Waals surface area contributed by atoms with Crippen LogP contribution in [0.4, 0.5) is 17.3 Å². The van der Waals surface area contributed by atoms with Crippen LogP contribution in [0.5, 0.6) is 0 Å². The van der Waals surface area contributed by atoms with Crippen molar-refractivity contribution in [1.82, 2.24) is 9.55 Å². The monoisotopic (exact) mass is 466 g/mol. The zero-order valence-corrected chi connectivity index (χ0v) is 19.3. The topological polar surface area (TPSA) is 143 Å². The average Bonchev–Trinajstić information content (AvgIpc) is 3.22. The van der Waals surface area contributed by atoms with Crippen LogP contribution in [0.25, 0.3) is 0 Å². The van der Waals surface area contributed by atoms with Crippen LogP contribution in [0.2, 0.25) is 0 Å². The van der Waals surface area contributed by atoms with Gasteiger partial charge in [0, 0.05) is 12.2 Å². The molecule has 0 N–H and O–H groups in total. The van der Waals surface area contributed by atoms with Gasteiger partial charge in [-0.3, -0.25) is 9.36 Å². The van der Waals surface area contributed by atoms with Crippen LogP contribution in [0, 0.1) is 40.9 Å². The Morgan fingerprint density at radius 2 is 1.89 bits per heavy atom. The molecular formula is C25H22N8O2. The summed E-state index contributed by atoms with van der Waals surface area (Å²) in [4.78, 5) is 18.2. The van der Waals surface area contributed by atoms with Gasteiger partial charge in [-0.05, 0) is 43.2 Å². The summed E-state index contributed by atoms with van der Waals surface area (Å²) in [7, 11) is 0. The Labute approximate surface area is 202 Å². The zero-order chi connectivity index (χ0) is 25.2. The highest BCUT2D eigenvalue weighted by Gasteiger charge is 2.17. The van der Waals surface area contributed by atoms with Gasteiger partial charge in [0.05, 0.1) is 11.8 Å². The van der Waals surface area contributed by atoms with E-state index < -0.39 is 0 Å². The summed E-state index contributed by atoms with van der Waals surface area (Å²) >= 11 is 0. The number of hydrogen-bond donors (Lipinski definition) is 0. The van der Waals surface area contributed by atoms with Crippen molar-refractivity contribution < 1.29 is 9.53 Å². The summed E-state index contributed by atoms with van der Waals surface area (Å²) in [5.41, 5.74) is 2.94. The summed E-state index contributed by atoms with van der Waals surface area (Å²) in [5.74, 6) is -0.331. The van der Waals surface area contributed by atoms with Gasteiger partial charge in [0.1, 0.15) is 31.8 Å². The van der Waals surface area contributed by atoms with Gasteiger partial charge in [-0.1, -0.05) is 30.3 Å². The standard InChI is InChI=1S/C25H22N8O2/c1-3-32(16-24(34)35-17-19-7-5-4-6-8-19)20-9-10-21(18(2)13-20)30-31-25-29-22(14-27)23(15-28)33(25)12-11-26/h4-10,13H,3,12,16-17H2,1-2H3. The number of carbonyl (C=O) groups is 1. The predicted octanol–water partition coefficient (Wildman–Crippen LogP) is 4.44. The lowest BCUT2D eigenvalue weighted by Gasteiger charge is -2.22. The van der Waals surface area contributed by atoms with E-state index >= 15 is 0 Å². The molecule has 2 aromatic carbocycles. The van der Waals surface area contributed by atoms with Gasteiger partial charge in [0.15, 0.2) is 11.4 Å². The molecule has 1 aromatic heterocycles. The summed E-state index contributed by atoms with van der Waals surface area (Å²) in [5, 5.41) is 35.7. The van der Waals surface area contributed by atoms with Gasteiger partial charge in [0.2, 0.25) is 0 Å². The minimum absolute atomic E-state index is 0.000488. The third kappa shape index (κ3) is 6.07. The van der Waals surface area contributed by atoms with E-state index in [4.69, 9.17) is 10.00 Å². The van der Waals surface area contributed by atoms with E-state index in [1.54, 1.807) is 6.07 Å². The van der Waals surface area contributed by atoms with Crippen molar-refractivity contribution in [2.45, 2.75) is 27.0 Å². The van der Waals surface area contributed by atoms with E-state index in [0.717, 1.165) is 16.8 Å². The van der Waals surface area contributed by atoms with E-state index in [1.165, 1.54) is 4.57 Å². The smallest absolute Gasteiger partial charge is 0.325 e. The molecule has 174 valence electrons. The number of anilines is 1. The summed E-state index contributed by atoms with van der Waals surface area (Å²) in [6, 6.07) is 20.6. The number of azo groups is 1. The molecule has 0 fully saturated rings. The van der Waals surface area contributed by atoms with Gasteiger partial charge in [-0.25, -0.2) is 0 Å². The zero-order valence-electron chi connectivity index (χ0n) is 19.3. The Bertz CT molecular complexity index is 1360. The number of nitriles is 3. The Morgan fingerprint density at radius 3 is 2.51 bits per heavy atom. The van der Waals surface area contributed by atoms with E-state index in [-0.39, 0.29) is 43.0 Å². The first-order chi connectivity index (χ1) is 17.0. The fraction of sp³-hybridized carbons (Fsp3) is 0.240. The van der Waals surface area contributed by atoms with Crippen molar-refractivity contribution in [2.75, 3.05) is 18.0 Å². The average molecular weight is 467 g/mol. The second kappa shape index (κ2) is 11.7. The lowest BCUT2D eigenvalue weighted by molar-refractivity contribution is -0.143. The van der Waals surface area contributed by atoms with Crippen LogP contribution in [0.3, 0.4) is 0 Å². The second-order valence-electron chi connectivity index (χ2n) is 7.41. The molecule has 0 atom stereocenters. The minimum Gasteiger partial charge on any atom is -0.459 e. The normalized spacial score (nSPS) is 10.4. The Morgan fingerprint density at radius 1 is 1.11 bits per heavy atom. The van der Waals surface area contributed by atoms with Crippen LogP contribution in [-0.4, -0.2) is 28.6 Å². The molecule has 0 saturated carbocycles. The highest BCUT2D eigenvalue weighted by Crippen LogP contribution is 2.27. The Balaban J connectivity index is 1.73. The molecule has 1 heterocycles. The summed E-state index contributed by atoms with van der Waals surface area (Å²) < 4.78 is 6.63. The number of likely N-dealkylation sites (N-methyl/N-ethyl adjacent to an activating group) is 1. The molecule has 3 aromatic rings. The molecule has 0 aliphatic carbocycles. The number of carbonyl (C=O) groups excluding carboxylic acids is 1. The quantitative estimate of drug-likeness (QED) is 0.335.